The summed E-state index contributed by atoms with van der Waals surface area (Å²) in [6.07, 6.45) is -1.73. The van der Waals surface area contributed by atoms with Crippen molar-refractivity contribution in [2.24, 2.45) is 5.92 Å². The topological polar surface area (TPSA) is 146 Å². The fourth-order valence-electron chi connectivity index (χ4n) is 5.31. The summed E-state index contributed by atoms with van der Waals surface area (Å²) in [6.45, 7) is 10.0. The van der Waals surface area contributed by atoms with Crippen molar-refractivity contribution in [3.63, 3.8) is 0 Å². The number of ether oxygens (including phenoxy) is 1. The fourth-order valence-corrected chi connectivity index (χ4v) is 5.31. The summed E-state index contributed by atoms with van der Waals surface area (Å²) in [4.78, 5) is 14.1. The number of aliphatic hydroxyl groups excluding tert-OH is 3. The lowest BCUT2D eigenvalue weighted by Crippen LogP contribution is -2.35. The smallest absolute Gasteiger partial charge is 0.225 e. The summed E-state index contributed by atoms with van der Waals surface area (Å²) >= 11 is 0. The van der Waals surface area contributed by atoms with Gasteiger partial charge < -0.3 is 35.1 Å². The van der Waals surface area contributed by atoms with Gasteiger partial charge in [0, 0.05) is 24.0 Å². The molecule has 0 saturated heterocycles. The Bertz CT molecular complexity index is 1500. The predicted molar refractivity (Wildman–Crippen MR) is 161 cm³/mol. The highest BCUT2D eigenvalue weighted by Crippen LogP contribution is 2.38. The number of nitrogens with zero attached hydrogens (tertiary/aromatic N) is 3. The van der Waals surface area contributed by atoms with E-state index in [0.717, 1.165) is 10.9 Å². The zero-order valence-corrected chi connectivity index (χ0v) is 24.7. The average Bonchev–Trinajstić information content (AvgIpc) is 3.45. The molecule has 220 valence electrons. The predicted octanol–water partition coefficient (Wildman–Crippen LogP) is 4.72. The molecule has 5 rings (SSSR count). The molecule has 10 nitrogen and oxygen atoms in total. The van der Waals surface area contributed by atoms with Gasteiger partial charge in [-0.3, -0.25) is 0 Å². The van der Waals surface area contributed by atoms with Gasteiger partial charge in [-0.25, -0.2) is 9.97 Å². The van der Waals surface area contributed by atoms with E-state index in [4.69, 9.17) is 19.1 Å². The minimum absolute atomic E-state index is 0. The number of anilines is 2. The summed E-state index contributed by atoms with van der Waals surface area (Å²) in [5.74, 6) is 1.49. The first-order valence-corrected chi connectivity index (χ1v) is 13.7. The first-order chi connectivity index (χ1) is 19.2. The van der Waals surface area contributed by atoms with Crippen LogP contribution in [0.2, 0.25) is 0 Å². The van der Waals surface area contributed by atoms with Crippen LogP contribution in [0.15, 0.2) is 40.8 Å². The monoisotopic (exact) mass is 583 g/mol. The number of rotatable bonds is 9. The van der Waals surface area contributed by atoms with Crippen molar-refractivity contribution in [3.8, 4) is 17.2 Å². The molecule has 1 aromatic carbocycles. The standard InChI is InChI=1S/C30H37N5O5.ClH/c1-6-39-24-13-20-12-23(40-28(20)18(5)31-24)25-17(4)33-30(32-16(3)19-9-7-15(2)8-10-19)35-29(25)34-22-11-21(14-36)26(37)27(22)38;/h7-10,12-13,16,21-22,26-27,36-38H,6,11,14H2,1-5H3,(H2,32,33,34,35);1H/t16-,21-,22-,26-,27+;/m1./s1. The third kappa shape index (κ3) is 6.25. The van der Waals surface area contributed by atoms with Gasteiger partial charge in [-0.15, -0.1) is 12.4 Å². The number of hydrogen-bond donors (Lipinski definition) is 5. The van der Waals surface area contributed by atoms with Crippen LogP contribution in [0.5, 0.6) is 5.88 Å². The van der Waals surface area contributed by atoms with Gasteiger partial charge in [0.2, 0.25) is 11.8 Å². The Kier molecular flexibility index (Phi) is 9.38. The SMILES string of the molecule is CCOc1cc2cc(-c3c(C)nc(N[C@H](C)c4ccc(C)cc4)nc3N[C@@H]3C[C@H](CO)[C@@H](O)[C@H]3O)oc2c(C)n1.Cl. The van der Waals surface area contributed by atoms with Crippen LogP contribution < -0.4 is 15.4 Å². The van der Waals surface area contributed by atoms with E-state index in [1.807, 2.05) is 46.8 Å². The van der Waals surface area contributed by atoms with Crippen LogP contribution in [0.3, 0.4) is 0 Å². The number of aryl methyl sites for hydroxylation is 3. The minimum Gasteiger partial charge on any atom is -0.478 e. The van der Waals surface area contributed by atoms with E-state index in [-0.39, 0.29) is 25.1 Å². The second-order valence-electron chi connectivity index (χ2n) is 10.6. The molecule has 0 spiro atoms. The summed E-state index contributed by atoms with van der Waals surface area (Å²) in [5, 5.41) is 38.4. The molecular weight excluding hydrogens is 546 g/mol. The minimum atomic E-state index is -1.07. The largest absolute Gasteiger partial charge is 0.478 e. The van der Waals surface area contributed by atoms with Crippen LogP contribution in [0.1, 0.15) is 48.8 Å². The number of furan rings is 1. The Labute approximate surface area is 245 Å². The molecule has 0 radical (unpaired) electrons. The highest BCUT2D eigenvalue weighted by molar-refractivity contribution is 5.88. The van der Waals surface area contributed by atoms with Gasteiger partial charge in [0.15, 0.2) is 5.58 Å². The molecule has 1 aliphatic rings. The fraction of sp³-hybridized carbons (Fsp3) is 0.433. The quantitative estimate of drug-likeness (QED) is 0.188. The van der Waals surface area contributed by atoms with Crippen LogP contribution in [-0.4, -0.2) is 61.7 Å². The zero-order chi connectivity index (χ0) is 28.6. The number of hydrogen-bond acceptors (Lipinski definition) is 10. The third-order valence-corrected chi connectivity index (χ3v) is 7.56. The van der Waals surface area contributed by atoms with Gasteiger partial charge in [0.05, 0.1) is 41.7 Å². The number of aromatic nitrogens is 3. The molecule has 0 unspecified atom stereocenters. The zero-order valence-electron chi connectivity index (χ0n) is 23.9. The van der Waals surface area contributed by atoms with Crippen LogP contribution in [0.25, 0.3) is 22.3 Å². The van der Waals surface area contributed by atoms with Gasteiger partial charge in [0.25, 0.3) is 0 Å². The molecule has 5 N–H and O–H groups in total. The molecule has 11 heteroatoms. The molecular formula is C30H38ClN5O5. The lowest BCUT2D eigenvalue weighted by atomic mass is 10.1. The first-order valence-electron chi connectivity index (χ1n) is 13.7. The van der Waals surface area contributed by atoms with Gasteiger partial charge in [-0.1, -0.05) is 29.8 Å². The van der Waals surface area contributed by atoms with Gasteiger partial charge in [-0.2, -0.15) is 4.98 Å². The van der Waals surface area contributed by atoms with Crippen molar-refractivity contribution in [1.82, 2.24) is 15.0 Å². The van der Waals surface area contributed by atoms with Crippen molar-refractivity contribution in [2.75, 3.05) is 23.8 Å². The molecule has 3 heterocycles. The molecule has 0 amide bonds. The molecule has 0 aliphatic heterocycles. The van der Waals surface area contributed by atoms with Crippen molar-refractivity contribution >= 4 is 35.1 Å². The lowest BCUT2D eigenvalue weighted by Gasteiger charge is -2.22. The molecule has 1 aliphatic carbocycles. The van der Waals surface area contributed by atoms with E-state index in [2.05, 4.69) is 39.9 Å². The maximum Gasteiger partial charge on any atom is 0.225 e. The Morgan fingerprint density at radius 2 is 1.76 bits per heavy atom. The van der Waals surface area contributed by atoms with Crippen molar-refractivity contribution in [3.05, 3.63) is 58.9 Å². The highest BCUT2D eigenvalue weighted by Gasteiger charge is 2.41. The van der Waals surface area contributed by atoms with E-state index < -0.39 is 24.2 Å². The number of aliphatic hydroxyl groups is 3. The van der Waals surface area contributed by atoms with Crippen LogP contribution >= 0.6 is 12.4 Å². The molecule has 1 fully saturated rings. The molecule has 3 aromatic heterocycles. The summed E-state index contributed by atoms with van der Waals surface area (Å²) < 4.78 is 11.9. The molecule has 41 heavy (non-hydrogen) atoms. The summed E-state index contributed by atoms with van der Waals surface area (Å²) in [6, 6.07) is 11.4. The van der Waals surface area contributed by atoms with Crippen LogP contribution in [-0.2, 0) is 0 Å². The van der Waals surface area contributed by atoms with Crippen molar-refractivity contribution in [1.29, 1.82) is 0 Å². The van der Waals surface area contributed by atoms with Crippen molar-refractivity contribution < 1.29 is 24.5 Å². The third-order valence-electron chi connectivity index (χ3n) is 7.56. The Balaban J connectivity index is 0.00000387. The number of halogens is 1. The van der Waals surface area contributed by atoms with E-state index in [9.17, 15) is 15.3 Å². The van der Waals surface area contributed by atoms with Gasteiger partial charge in [-0.05, 0) is 52.7 Å². The van der Waals surface area contributed by atoms with Gasteiger partial charge in [0.1, 0.15) is 17.7 Å². The first kappa shape index (κ1) is 30.5. The Morgan fingerprint density at radius 3 is 2.41 bits per heavy atom. The van der Waals surface area contributed by atoms with E-state index >= 15 is 0 Å². The second-order valence-corrected chi connectivity index (χ2v) is 10.6. The molecule has 1 saturated carbocycles. The maximum atomic E-state index is 10.7. The Hall–Kier alpha value is -3.44. The van der Waals surface area contributed by atoms with Crippen LogP contribution in [0.4, 0.5) is 11.8 Å². The summed E-state index contributed by atoms with van der Waals surface area (Å²) in [5.41, 5.74) is 4.91. The molecule has 4 aromatic rings. The number of nitrogens with one attached hydrogen (secondary N) is 2. The normalized spacial score (nSPS) is 21.0. The van der Waals surface area contributed by atoms with Crippen molar-refractivity contribution in [2.45, 2.75) is 65.3 Å². The number of benzene rings is 1. The lowest BCUT2D eigenvalue weighted by molar-refractivity contribution is 0.00446. The van der Waals surface area contributed by atoms with E-state index in [1.165, 1.54) is 5.56 Å². The molecule has 5 atom stereocenters. The number of pyridine rings is 1. The molecule has 0 bridgehead atoms. The van der Waals surface area contributed by atoms with Gasteiger partial charge >= 0.3 is 0 Å². The average molecular weight is 584 g/mol. The highest BCUT2D eigenvalue weighted by atomic mass is 35.5. The van der Waals surface area contributed by atoms with Crippen LogP contribution in [0, 0.1) is 26.7 Å². The number of fused-ring (bicyclic) bond motifs is 1. The van der Waals surface area contributed by atoms with E-state index in [0.29, 0.717) is 59.0 Å². The summed E-state index contributed by atoms with van der Waals surface area (Å²) in [7, 11) is 0. The Morgan fingerprint density at radius 1 is 1.02 bits per heavy atom. The maximum absolute atomic E-state index is 10.7. The second kappa shape index (κ2) is 12.6. The van der Waals surface area contributed by atoms with E-state index in [1.54, 1.807) is 0 Å².